The molecule has 1 N–H and O–H groups in total. The number of hydrogen-bond donors (Lipinski definition) is 1. The summed E-state index contributed by atoms with van der Waals surface area (Å²) in [7, 11) is -5.13. The van der Waals surface area contributed by atoms with Gasteiger partial charge < -0.3 is 24.2 Å². The van der Waals surface area contributed by atoms with E-state index in [1.807, 2.05) is 24.3 Å². The topological polar surface area (TPSA) is 102 Å². The molecule has 0 saturated carbocycles. The highest BCUT2D eigenvalue weighted by Gasteiger charge is 2.14. The molecular formula is C35H52NO5P-2. The molecule has 42 heavy (non-hydrogen) atoms. The summed E-state index contributed by atoms with van der Waals surface area (Å²) in [4.78, 5) is 34.7. The number of phosphoric ester groups is 1. The van der Waals surface area contributed by atoms with Crippen LogP contribution in [0.5, 0.6) is 0 Å². The van der Waals surface area contributed by atoms with Gasteiger partial charge in [0.15, 0.2) is 0 Å². The summed E-state index contributed by atoms with van der Waals surface area (Å²) in [6.45, 7) is 1.87. The van der Waals surface area contributed by atoms with Gasteiger partial charge in [-0.3, -0.25) is 4.79 Å². The van der Waals surface area contributed by atoms with Crippen molar-refractivity contribution in [2.24, 2.45) is 0 Å². The molecule has 0 bridgehead atoms. The van der Waals surface area contributed by atoms with Crippen LogP contribution in [0, 0.1) is 11.8 Å². The zero-order valence-electron chi connectivity index (χ0n) is 25.7. The maximum atomic E-state index is 12.6. The van der Waals surface area contributed by atoms with E-state index in [1.54, 1.807) is 0 Å². The predicted octanol–water partition coefficient (Wildman–Crippen LogP) is 7.45. The minimum absolute atomic E-state index is 0.156. The number of rotatable bonds is 21. The summed E-state index contributed by atoms with van der Waals surface area (Å²) in [5.74, 6) is 6.29. The fraction of sp³-hybridized carbons (Fsp3) is 0.629. The Morgan fingerprint density at radius 1 is 0.929 bits per heavy atom. The van der Waals surface area contributed by atoms with Gasteiger partial charge in [0.25, 0.3) is 0 Å². The first-order chi connectivity index (χ1) is 20.4. The summed E-state index contributed by atoms with van der Waals surface area (Å²) in [6.07, 6.45) is 27.6. The molecule has 2 rings (SSSR count). The van der Waals surface area contributed by atoms with E-state index in [0.717, 1.165) is 56.1 Å². The quantitative estimate of drug-likeness (QED) is 0.0686. The van der Waals surface area contributed by atoms with Crippen molar-refractivity contribution < 1.29 is 23.7 Å². The number of amides is 1. The first-order valence-corrected chi connectivity index (χ1v) is 17.7. The lowest BCUT2D eigenvalue weighted by molar-refractivity contribution is -0.342. The summed E-state index contributed by atoms with van der Waals surface area (Å²) in [5, 5.41) is 2.86. The summed E-state index contributed by atoms with van der Waals surface area (Å²) < 4.78 is 15.6. The minimum atomic E-state index is -5.13. The third kappa shape index (κ3) is 19.1. The van der Waals surface area contributed by atoms with Crippen LogP contribution in [0.25, 0.3) is 0 Å². The number of carbonyl (C=O) groups excluding carboxylic acids is 1. The monoisotopic (exact) mass is 597 g/mol. The average Bonchev–Trinajstić information content (AvgIpc) is 2.97. The van der Waals surface area contributed by atoms with Crippen LogP contribution in [0.1, 0.15) is 134 Å². The normalized spacial score (nSPS) is 14.3. The second kappa shape index (κ2) is 22.4. The van der Waals surface area contributed by atoms with Crippen LogP contribution in [0.15, 0.2) is 48.1 Å². The van der Waals surface area contributed by atoms with Gasteiger partial charge in [-0.15, -0.1) is 0 Å². The van der Waals surface area contributed by atoms with E-state index in [1.165, 1.54) is 69.8 Å². The van der Waals surface area contributed by atoms with Gasteiger partial charge >= 0.3 is 0 Å². The number of carbonyl (C=O) groups is 1. The number of hydrogen-bond acceptors (Lipinski definition) is 5. The Bertz CT molecular complexity index is 1050. The number of nitrogens with one attached hydrogen (secondary N) is 1. The SMILES string of the molecule is CCCCCCCC/C=C\CCCCCCCC(=O)N[C@@H](COP(=O)([O-])[O-])Cc1ccc(C#CC2=CCCCC2)cc1. The van der Waals surface area contributed by atoms with E-state index in [9.17, 15) is 19.1 Å². The molecule has 0 unspecified atom stereocenters. The molecule has 6 nitrogen and oxygen atoms in total. The Kier molecular flexibility index (Phi) is 19.2. The zero-order chi connectivity index (χ0) is 30.3. The van der Waals surface area contributed by atoms with Crippen LogP contribution in [-0.4, -0.2) is 18.6 Å². The third-order valence-electron chi connectivity index (χ3n) is 7.56. The van der Waals surface area contributed by atoms with Gasteiger partial charge in [-0.1, -0.05) is 100 Å². The Labute approximate surface area is 255 Å². The largest absolute Gasteiger partial charge is 0.790 e. The molecule has 1 amide bonds. The number of unbranched alkanes of at least 4 members (excludes halogenated alkanes) is 11. The molecule has 1 aromatic carbocycles. The lowest BCUT2D eigenvalue weighted by Crippen LogP contribution is -2.40. The Morgan fingerprint density at radius 2 is 1.57 bits per heavy atom. The number of allylic oxidation sites excluding steroid dienone is 4. The van der Waals surface area contributed by atoms with Crippen LogP contribution in [0.2, 0.25) is 0 Å². The Morgan fingerprint density at radius 3 is 2.19 bits per heavy atom. The molecule has 234 valence electrons. The van der Waals surface area contributed by atoms with Crippen LogP contribution in [0.4, 0.5) is 0 Å². The first-order valence-electron chi connectivity index (χ1n) is 16.3. The van der Waals surface area contributed by atoms with Gasteiger partial charge in [0.1, 0.15) is 0 Å². The fourth-order valence-corrected chi connectivity index (χ4v) is 5.46. The summed E-state index contributed by atoms with van der Waals surface area (Å²) in [6, 6.07) is 7.06. The molecule has 0 radical (unpaired) electrons. The maximum Gasteiger partial charge on any atom is 0.220 e. The van der Waals surface area contributed by atoms with E-state index in [2.05, 4.69) is 46.8 Å². The average molecular weight is 598 g/mol. The molecule has 0 aromatic heterocycles. The molecule has 0 heterocycles. The molecule has 1 aliphatic rings. The van der Waals surface area contributed by atoms with E-state index in [-0.39, 0.29) is 12.5 Å². The van der Waals surface area contributed by atoms with Gasteiger partial charge in [0.2, 0.25) is 5.91 Å². The number of benzene rings is 1. The highest BCUT2D eigenvalue weighted by molar-refractivity contribution is 7.43. The molecule has 0 saturated heterocycles. The molecule has 1 atom stereocenters. The molecule has 0 aliphatic heterocycles. The fourth-order valence-electron chi connectivity index (χ4n) is 5.10. The smallest absolute Gasteiger partial charge is 0.220 e. The van der Waals surface area contributed by atoms with E-state index >= 15 is 0 Å². The van der Waals surface area contributed by atoms with Gasteiger partial charge in [-0.05, 0) is 87.5 Å². The minimum Gasteiger partial charge on any atom is -0.790 e. The molecule has 7 heteroatoms. The van der Waals surface area contributed by atoms with Gasteiger partial charge in [-0.2, -0.15) is 0 Å². The van der Waals surface area contributed by atoms with Crippen molar-refractivity contribution in [1.82, 2.24) is 5.32 Å². The Hall–Kier alpha value is -2.16. The maximum absolute atomic E-state index is 12.6. The lowest BCUT2D eigenvalue weighted by atomic mass is 9.99. The molecule has 0 fully saturated rings. The van der Waals surface area contributed by atoms with E-state index < -0.39 is 13.9 Å². The van der Waals surface area contributed by atoms with Crippen molar-refractivity contribution in [3.05, 3.63) is 59.2 Å². The van der Waals surface area contributed by atoms with Crippen LogP contribution >= 0.6 is 7.82 Å². The Balaban J connectivity index is 1.65. The molecular weight excluding hydrogens is 545 g/mol. The molecule has 0 spiro atoms. The van der Waals surface area contributed by atoms with Crippen molar-refractivity contribution in [2.45, 2.75) is 135 Å². The first kappa shape index (κ1) is 36.0. The predicted molar refractivity (Wildman–Crippen MR) is 169 cm³/mol. The van der Waals surface area contributed by atoms with Gasteiger partial charge in [0, 0.05) is 12.0 Å². The van der Waals surface area contributed by atoms with Crippen LogP contribution in [-0.2, 0) is 20.3 Å². The van der Waals surface area contributed by atoms with Crippen molar-refractivity contribution >= 4 is 13.7 Å². The van der Waals surface area contributed by atoms with Crippen molar-refractivity contribution in [3.63, 3.8) is 0 Å². The summed E-state index contributed by atoms with van der Waals surface area (Å²) >= 11 is 0. The zero-order valence-corrected chi connectivity index (χ0v) is 26.6. The van der Waals surface area contributed by atoms with Crippen LogP contribution < -0.4 is 15.1 Å². The van der Waals surface area contributed by atoms with Crippen LogP contribution in [0.3, 0.4) is 0 Å². The molecule has 1 aliphatic carbocycles. The third-order valence-corrected chi connectivity index (χ3v) is 8.02. The van der Waals surface area contributed by atoms with Gasteiger partial charge in [-0.25, -0.2) is 0 Å². The summed E-state index contributed by atoms with van der Waals surface area (Å²) in [5.41, 5.74) is 2.99. The highest BCUT2D eigenvalue weighted by atomic mass is 31.2. The highest BCUT2D eigenvalue weighted by Crippen LogP contribution is 2.25. The molecule has 1 aromatic rings. The number of phosphoric acid groups is 1. The van der Waals surface area contributed by atoms with E-state index in [4.69, 9.17) is 0 Å². The van der Waals surface area contributed by atoms with Crippen molar-refractivity contribution in [3.8, 4) is 11.8 Å². The second-order valence-electron chi connectivity index (χ2n) is 11.5. The van der Waals surface area contributed by atoms with Gasteiger partial charge in [0.05, 0.1) is 20.5 Å². The lowest BCUT2D eigenvalue weighted by Gasteiger charge is -2.31. The van der Waals surface area contributed by atoms with E-state index in [0.29, 0.717) is 12.8 Å². The van der Waals surface area contributed by atoms with Crippen molar-refractivity contribution in [2.75, 3.05) is 6.61 Å². The van der Waals surface area contributed by atoms with Crippen molar-refractivity contribution in [1.29, 1.82) is 0 Å². The second-order valence-corrected chi connectivity index (χ2v) is 12.6. The standard InChI is InChI=1S/C35H54NO5P/c1-2-3-4-5-6-7-8-9-10-11-12-13-14-15-19-22-35(37)36-34(30-41-42(38,39)40)29-33-27-25-32(26-28-33)24-23-31-20-17-16-18-21-31/h9-10,20,25-28,34H,2-8,11-19,21-22,29-30H2,1H3,(H,36,37)(H2,38,39,40)/p-2/b10-9-/t34-/m1/s1.